The molecule has 1 nitrogen and oxygen atoms in total. The minimum Gasteiger partial charge on any atom is -0.310 e. The molecule has 0 heterocycles. The Kier molecular flexibility index (Phi) is 8.60. The van der Waals surface area contributed by atoms with E-state index in [1.54, 1.807) is 0 Å². The van der Waals surface area contributed by atoms with E-state index in [1.165, 1.54) is 31.2 Å². The zero-order valence-electron chi connectivity index (χ0n) is 12.9. The zero-order valence-corrected chi connectivity index (χ0v) is 14.4. The maximum absolute atomic E-state index is 6.41. The molecule has 0 fully saturated rings. The molecule has 0 saturated carbocycles. The van der Waals surface area contributed by atoms with Crippen molar-refractivity contribution in [3.8, 4) is 0 Å². The standard InChI is InChI=1S/C17H27Cl2N/c1-4-7-8-13(6-3)17(20-11-5-2)15-10-9-14(18)12-16(15)19/h9-10,12-13,17,20H,4-8,11H2,1-3H3. The summed E-state index contributed by atoms with van der Waals surface area (Å²) in [6.07, 6.45) is 6.05. The highest BCUT2D eigenvalue weighted by molar-refractivity contribution is 6.35. The van der Waals surface area contributed by atoms with Gasteiger partial charge in [0.2, 0.25) is 0 Å². The first kappa shape index (κ1) is 17.8. The molecule has 0 amide bonds. The lowest BCUT2D eigenvalue weighted by molar-refractivity contribution is 0.324. The smallest absolute Gasteiger partial charge is 0.0468 e. The minimum absolute atomic E-state index is 0.330. The summed E-state index contributed by atoms with van der Waals surface area (Å²) in [4.78, 5) is 0. The maximum atomic E-state index is 6.41. The van der Waals surface area contributed by atoms with Gasteiger partial charge in [-0.05, 0) is 43.0 Å². The average molecular weight is 316 g/mol. The van der Waals surface area contributed by atoms with E-state index < -0.39 is 0 Å². The lowest BCUT2D eigenvalue weighted by atomic mass is 9.86. The quantitative estimate of drug-likeness (QED) is 0.567. The van der Waals surface area contributed by atoms with Gasteiger partial charge in [0.1, 0.15) is 0 Å². The molecule has 0 radical (unpaired) electrons. The Hall–Kier alpha value is -0.240. The van der Waals surface area contributed by atoms with E-state index in [1.807, 2.05) is 12.1 Å². The van der Waals surface area contributed by atoms with Crippen LogP contribution in [0.4, 0.5) is 0 Å². The second kappa shape index (κ2) is 9.65. The van der Waals surface area contributed by atoms with Crippen LogP contribution in [-0.2, 0) is 0 Å². The van der Waals surface area contributed by atoms with Crippen LogP contribution in [0.15, 0.2) is 18.2 Å². The SMILES string of the molecule is CCCCC(CC)C(NCCC)c1ccc(Cl)cc1Cl. The second-order valence-corrected chi connectivity index (χ2v) is 6.25. The van der Waals surface area contributed by atoms with E-state index in [0.717, 1.165) is 18.0 Å². The van der Waals surface area contributed by atoms with Gasteiger partial charge in [-0.25, -0.2) is 0 Å². The van der Waals surface area contributed by atoms with Gasteiger partial charge < -0.3 is 5.32 Å². The van der Waals surface area contributed by atoms with E-state index >= 15 is 0 Å². The molecule has 1 aromatic rings. The Morgan fingerprint density at radius 2 is 1.85 bits per heavy atom. The van der Waals surface area contributed by atoms with E-state index in [4.69, 9.17) is 23.2 Å². The second-order valence-electron chi connectivity index (χ2n) is 5.41. The third-order valence-corrected chi connectivity index (χ3v) is 4.40. The van der Waals surface area contributed by atoms with Crippen molar-refractivity contribution < 1.29 is 0 Å². The minimum atomic E-state index is 0.330. The summed E-state index contributed by atoms with van der Waals surface area (Å²) in [5, 5.41) is 5.16. The van der Waals surface area contributed by atoms with Crippen molar-refractivity contribution in [1.82, 2.24) is 5.32 Å². The molecule has 3 heteroatoms. The normalized spacial score (nSPS) is 14.2. The topological polar surface area (TPSA) is 12.0 Å². The average Bonchev–Trinajstić information content (AvgIpc) is 2.43. The zero-order chi connectivity index (χ0) is 15.0. The van der Waals surface area contributed by atoms with E-state index in [2.05, 4.69) is 32.2 Å². The van der Waals surface area contributed by atoms with Crippen molar-refractivity contribution >= 4 is 23.2 Å². The molecule has 1 N–H and O–H groups in total. The maximum Gasteiger partial charge on any atom is 0.0468 e. The molecule has 0 saturated heterocycles. The summed E-state index contributed by atoms with van der Waals surface area (Å²) in [6, 6.07) is 6.20. The molecular weight excluding hydrogens is 289 g/mol. The van der Waals surface area contributed by atoms with Crippen LogP contribution in [-0.4, -0.2) is 6.54 Å². The number of halogens is 2. The summed E-state index contributed by atoms with van der Waals surface area (Å²) in [7, 11) is 0. The third-order valence-electron chi connectivity index (χ3n) is 3.84. The van der Waals surface area contributed by atoms with Crippen LogP contribution in [0.25, 0.3) is 0 Å². The molecule has 0 aliphatic heterocycles. The molecule has 0 aliphatic rings. The van der Waals surface area contributed by atoms with Crippen LogP contribution in [0, 0.1) is 5.92 Å². The predicted octanol–water partition coefficient (Wildman–Crippen LogP) is 6.25. The molecule has 0 aliphatic carbocycles. The number of benzene rings is 1. The third kappa shape index (κ3) is 5.27. The first-order valence-corrected chi connectivity index (χ1v) is 8.57. The number of rotatable bonds is 9. The molecule has 1 rings (SSSR count). The van der Waals surface area contributed by atoms with Crippen molar-refractivity contribution in [3.05, 3.63) is 33.8 Å². The molecule has 2 unspecified atom stereocenters. The van der Waals surface area contributed by atoms with Crippen LogP contribution in [0.5, 0.6) is 0 Å². The van der Waals surface area contributed by atoms with Gasteiger partial charge in [0.25, 0.3) is 0 Å². The summed E-state index contributed by atoms with van der Waals surface area (Å²) in [5.74, 6) is 0.625. The van der Waals surface area contributed by atoms with Gasteiger partial charge in [-0.15, -0.1) is 0 Å². The van der Waals surface area contributed by atoms with Gasteiger partial charge in [0, 0.05) is 16.1 Å². The summed E-state index contributed by atoms with van der Waals surface area (Å²) >= 11 is 12.4. The lowest BCUT2D eigenvalue weighted by Crippen LogP contribution is -2.29. The van der Waals surface area contributed by atoms with Gasteiger partial charge in [-0.2, -0.15) is 0 Å². The fraction of sp³-hybridized carbons (Fsp3) is 0.647. The summed E-state index contributed by atoms with van der Waals surface area (Å²) in [5.41, 5.74) is 1.19. The molecule has 0 aromatic heterocycles. The van der Waals surface area contributed by atoms with Crippen LogP contribution >= 0.6 is 23.2 Å². The Bertz CT molecular complexity index is 393. The van der Waals surface area contributed by atoms with E-state index in [9.17, 15) is 0 Å². The number of nitrogens with one attached hydrogen (secondary N) is 1. The van der Waals surface area contributed by atoms with Gasteiger partial charge in [-0.1, -0.05) is 69.3 Å². The van der Waals surface area contributed by atoms with Crippen LogP contribution in [0.1, 0.15) is 64.5 Å². The Labute approximate surface area is 134 Å². The highest BCUT2D eigenvalue weighted by Gasteiger charge is 2.22. The highest BCUT2D eigenvalue weighted by atomic mass is 35.5. The molecular formula is C17H27Cl2N. The van der Waals surface area contributed by atoms with Crippen LogP contribution in [0.2, 0.25) is 10.0 Å². The van der Waals surface area contributed by atoms with E-state index in [-0.39, 0.29) is 0 Å². The molecule has 1 aromatic carbocycles. The van der Waals surface area contributed by atoms with Gasteiger partial charge in [0.15, 0.2) is 0 Å². The summed E-state index contributed by atoms with van der Waals surface area (Å²) in [6.45, 7) is 7.73. The molecule has 0 bridgehead atoms. The van der Waals surface area contributed by atoms with Gasteiger partial charge >= 0.3 is 0 Å². The predicted molar refractivity (Wildman–Crippen MR) is 90.8 cm³/mol. The first-order chi connectivity index (χ1) is 9.63. The monoisotopic (exact) mass is 315 g/mol. The molecule has 2 atom stereocenters. The summed E-state index contributed by atoms with van der Waals surface area (Å²) < 4.78 is 0. The van der Waals surface area contributed by atoms with Crippen molar-refractivity contribution in [2.24, 2.45) is 5.92 Å². The van der Waals surface area contributed by atoms with Crippen LogP contribution in [0.3, 0.4) is 0 Å². The molecule has 20 heavy (non-hydrogen) atoms. The Balaban J connectivity index is 2.96. The van der Waals surface area contributed by atoms with Crippen molar-refractivity contribution in [3.63, 3.8) is 0 Å². The van der Waals surface area contributed by atoms with Gasteiger partial charge in [0.05, 0.1) is 0 Å². The fourth-order valence-electron chi connectivity index (χ4n) is 2.66. The first-order valence-electron chi connectivity index (χ1n) is 7.82. The Morgan fingerprint density at radius 3 is 2.40 bits per heavy atom. The number of hydrogen-bond acceptors (Lipinski definition) is 1. The number of hydrogen-bond donors (Lipinski definition) is 1. The van der Waals surface area contributed by atoms with Gasteiger partial charge in [-0.3, -0.25) is 0 Å². The van der Waals surface area contributed by atoms with Crippen molar-refractivity contribution in [1.29, 1.82) is 0 Å². The highest BCUT2D eigenvalue weighted by Crippen LogP contribution is 2.34. The van der Waals surface area contributed by atoms with Crippen molar-refractivity contribution in [2.45, 2.75) is 58.9 Å². The molecule has 0 spiro atoms. The molecule has 114 valence electrons. The van der Waals surface area contributed by atoms with E-state index in [0.29, 0.717) is 17.0 Å². The van der Waals surface area contributed by atoms with Crippen LogP contribution < -0.4 is 5.32 Å². The largest absolute Gasteiger partial charge is 0.310 e. The fourth-order valence-corrected chi connectivity index (χ4v) is 3.18. The Morgan fingerprint density at radius 1 is 1.10 bits per heavy atom. The number of unbranched alkanes of at least 4 members (excludes halogenated alkanes) is 1. The van der Waals surface area contributed by atoms with Crippen molar-refractivity contribution in [2.75, 3.05) is 6.54 Å². The lowest BCUT2D eigenvalue weighted by Gasteiger charge is -2.29.